The van der Waals surface area contributed by atoms with Crippen LogP contribution in [0.4, 0.5) is 10.1 Å². The Kier molecular flexibility index (Phi) is 4.58. The molecule has 2 aromatic rings. The second-order valence-electron chi connectivity index (χ2n) is 4.27. The fourth-order valence-corrected chi connectivity index (χ4v) is 1.86. The van der Waals surface area contributed by atoms with E-state index in [1.165, 1.54) is 12.1 Å². The van der Waals surface area contributed by atoms with Crippen LogP contribution in [0.25, 0.3) is 0 Å². The Labute approximate surface area is 121 Å². The first-order chi connectivity index (χ1) is 9.56. The number of hydrogen-bond donors (Lipinski definition) is 1. The van der Waals surface area contributed by atoms with E-state index in [0.29, 0.717) is 16.3 Å². The first-order valence-corrected chi connectivity index (χ1v) is 6.37. The van der Waals surface area contributed by atoms with E-state index in [0.717, 1.165) is 0 Å². The summed E-state index contributed by atoms with van der Waals surface area (Å²) in [7, 11) is 0. The van der Waals surface area contributed by atoms with Crippen LogP contribution in [0.5, 0.6) is 0 Å². The van der Waals surface area contributed by atoms with Crippen LogP contribution in [-0.2, 0) is 22.6 Å². The van der Waals surface area contributed by atoms with Crippen molar-refractivity contribution in [2.24, 2.45) is 0 Å². The second kappa shape index (κ2) is 6.39. The molecular weight excluding hydrogens is 281 g/mol. The van der Waals surface area contributed by atoms with E-state index in [1.807, 2.05) is 0 Å². The zero-order valence-corrected chi connectivity index (χ0v) is 11.4. The number of nitrogens with two attached hydrogens (primary N) is 1. The number of carbonyl (C=O) groups excluding carboxylic acids is 1. The van der Waals surface area contributed by atoms with Gasteiger partial charge in [0.25, 0.3) is 0 Å². The van der Waals surface area contributed by atoms with E-state index in [1.54, 1.807) is 30.3 Å². The summed E-state index contributed by atoms with van der Waals surface area (Å²) < 4.78 is 18.5. The lowest BCUT2D eigenvalue weighted by molar-refractivity contribution is -0.144. The molecule has 0 saturated heterocycles. The SMILES string of the molecule is Nc1ccccc1CC(=O)OCc1ccc(Cl)cc1F. The normalized spacial score (nSPS) is 10.3. The number of nitrogen functional groups attached to an aromatic ring is 1. The number of para-hydroxylation sites is 1. The average molecular weight is 294 g/mol. The van der Waals surface area contributed by atoms with E-state index in [9.17, 15) is 9.18 Å². The molecule has 0 radical (unpaired) electrons. The van der Waals surface area contributed by atoms with Gasteiger partial charge in [-0.1, -0.05) is 35.9 Å². The lowest BCUT2D eigenvalue weighted by Gasteiger charge is -2.07. The molecule has 0 aliphatic heterocycles. The van der Waals surface area contributed by atoms with Crippen LogP contribution in [0, 0.1) is 5.82 Å². The van der Waals surface area contributed by atoms with E-state index in [-0.39, 0.29) is 18.6 Å². The van der Waals surface area contributed by atoms with Crippen LogP contribution in [0.2, 0.25) is 5.02 Å². The minimum Gasteiger partial charge on any atom is -0.460 e. The molecule has 0 aliphatic carbocycles. The third kappa shape index (κ3) is 3.71. The molecule has 0 amide bonds. The highest BCUT2D eigenvalue weighted by Gasteiger charge is 2.09. The minimum atomic E-state index is -0.496. The predicted octanol–water partition coefficient (Wildman–Crippen LogP) is 3.35. The summed E-state index contributed by atoms with van der Waals surface area (Å²) in [5.41, 5.74) is 7.23. The molecular formula is C15H13ClFNO2. The first-order valence-electron chi connectivity index (χ1n) is 5.99. The molecule has 2 rings (SSSR count). The fraction of sp³-hybridized carbons (Fsp3) is 0.133. The van der Waals surface area contributed by atoms with Gasteiger partial charge in [0.1, 0.15) is 12.4 Å². The third-order valence-electron chi connectivity index (χ3n) is 2.79. The number of rotatable bonds is 4. The summed E-state index contributed by atoms with van der Waals surface area (Å²) in [4.78, 5) is 11.7. The smallest absolute Gasteiger partial charge is 0.310 e. The van der Waals surface area contributed by atoms with E-state index in [4.69, 9.17) is 22.1 Å². The first kappa shape index (κ1) is 14.3. The Balaban J connectivity index is 1.94. The van der Waals surface area contributed by atoms with E-state index >= 15 is 0 Å². The minimum absolute atomic E-state index is 0.0574. The number of halogens is 2. The summed E-state index contributed by atoms with van der Waals surface area (Å²) in [6.07, 6.45) is 0.0574. The maximum Gasteiger partial charge on any atom is 0.310 e. The standard InChI is InChI=1S/C15H13ClFNO2/c16-12-6-5-11(13(17)8-12)9-20-15(19)7-10-3-1-2-4-14(10)18/h1-6,8H,7,9,18H2. The van der Waals surface area contributed by atoms with Crippen molar-refractivity contribution in [2.45, 2.75) is 13.0 Å². The second-order valence-corrected chi connectivity index (χ2v) is 4.71. The van der Waals surface area contributed by atoms with Gasteiger partial charge in [0.2, 0.25) is 0 Å². The van der Waals surface area contributed by atoms with Gasteiger partial charge < -0.3 is 10.5 Å². The molecule has 0 bridgehead atoms. The molecule has 0 heterocycles. The molecule has 0 fully saturated rings. The van der Waals surface area contributed by atoms with Crippen LogP contribution in [0.15, 0.2) is 42.5 Å². The van der Waals surface area contributed by atoms with Crippen LogP contribution < -0.4 is 5.73 Å². The number of carbonyl (C=O) groups is 1. The Hall–Kier alpha value is -2.07. The number of ether oxygens (including phenoxy) is 1. The van der Waals surface area contributed by atoms with Crippen molar-refractivity contribution in [3.8, 4) is 0 Å². The maximum atomic E-state index is 13.5. The van der Waals surface area contributed by atoms with Crippen molar-refractivity contribution in [1.29, 1.82) is 0 Å². The number of esters is 1. The van der Waals surface area contributed by atoms with Crippen LogP contribution in [0.1, 0.15) is 11.1 Å². The van der Waals surface area contributed by atoms with Gasteiger partial charge >= 0.3 is 5.97 Å². The quantitative estimate of drug-likeness (QED) is 0.695. The zero-order chi connectivity index (χ0) is 14.5. The lowest BCUT2D eigenvalue weighted by Crippen LogP contribution is -2.10. The summed E-state index contributed by atoms with van der Waals surface area (Å²) in [5.74, 6) is -0.957. The largest absolute Gasteiger partial charge is 0.460 e. The Morgan fingerprint density at radius 2 is 1.95 bits per heavy atom. The summed E-state index contributed by atoms with van der Waals surface area (Å²) in [5, 5.41) is 0.301. The number of hydrogen-bond acceptors (Lipinski definition) is 3. The molecule has 2 N–H and O–H groups in total. The van der Waals surface area contributed by atoms with Gasteiger partial charge in [-0.2, -0.15) is 0 Å². The van der Waals surface area contributed by atoms with Gasteiger partial charge in [-0.15, -0.1) is 0 Å². The van der Waals surface area contributed by atoms with Gasteiger partial charge in [-0.3, -0.25) is 4.79 Å². The molecule has 5 heteroatoms. The summed E-state index contributed by atoms with van der Waals surface area (Å²) >= 11 is 5.64. The average Bonchev–Trinajstić information content (AvgIpc) is 2.40. The van der Waals surface area contributed by atoms with Gasteiger partial charge in [0, 0.05) is 16.3 Å². The van der Waals surface area contributed by atoms with Crippen molar-refractivity contribution in [3.63, 3.8) is 0 Å². The van der Waals surface area contributed by atoms with E-state index in [2.05, 4.69) is 0 Å². The molecule has 0 atom stereocenters. The molecule has 20 heavy (non-hydrogen) atoms. The van der Waals surface area contributed by atoms with Gasteiger partial charge in [-0.25, -0.2) is 4.39 Å². The van der Waals surface area contributed by atoms with Gasteiger partial charge in [-0.05, 0) is 23.8 Å². The van der Waals surface area contributed by atoms with Crippen molar-refractivity contribution in [3.05, 3.63) is 64.4 Å². The molecule has 0 aliphatic rings. The van der Waals surface area contributed by atoms with E-state index < -0.39 is 11.8 Å². The molecule has 0 aromatic heterocycles. The Morgan fingerprint density at radius 3 is 2.65 bits per heavy atom. The monoisotopic (exact) mass is 293 g/mol. The van der Waals surface area contributed by atoms with Crippen molar-refractivity contribution >= 4 is 23.3 Å². The molecule has 104 valence electrons. The Morgan fingerprint density at radius 1 is 1.20 bits per heavy atom. The Bertz CT molecular complexity index is 631. The summed E-state index contributed by atoms with van der Waals surface area (Å²) in [6.45, 7) is -0.130. The lowest BCUT2D eigenvalue weighted by atomic mass is 10.1. The van der Waals surface area contributed by atoms with Gasteiger partial charge in [0.15, 0.2) is 0 Å². The highest BCUT2D eigenvalue weighted by Crippen LogP contribution is 2.16. The summed E-state index contributed by atoms with van der Waals surface area (Å²) in [6, 6.07) is 11.2. The predicted molar refractivity (Wildman–Crippen MR) is 75.8 cm³/mol. The molecule has 2 aromatic carbocycles. The maximum absolute atomic E-state index is 13.5. The van der Waals surface area contributed by atoms with Crippen molar-refractivity contribution < 1.29 is 13.9 Å². The number of benzene rings is 2. The van der Waals surface area contributed by atoms with Crippen molar-refractivity contribution in [2.75, 3.05) is 5.73 Å². The fourth-order valence-electron chi connectivity index (χ4n) is 1.70. The highest BCUT2D eigenvalue weighted by molar-refractivity contribution is 6.30. The third-order valence-corrected chi connectivity index (χ3v) is 3.03. The van der Waals surface area contributed by atoms with Gasteiger partial charge in [0.05, 0.1) is 6.42 Å². The van der Waals surface area contributed by atoms with Crippen molar-refractivity contribution in [1.82, 2.24) is 0 Å². The van der Waals surface area contributed by atoms with Crippen LogP contribution in [0.3, 0.4) is 0 Å². The number of anilines is 1. The molecule has 0 saturated carbocycles. The molecule has 0 spiro atoms. The molecule has 0 unspecified atom stereocenters. The topological polar surface area (TPSA) is 52.3 Å². The zero-order valence-electron chi connectivity index (χ0n) is 10.6. The van der Waals surface area contributed by atoms with Crippen LogP contribution >= 0.6 is 11.6 Å². The van der Waals surface area contributed by atoms with Crippen LogP contribution in [-0.4, -0.2) is 5.97 Å². The highest BCUT2D eigenvalue weighted by atomic mass is 35.5. The molecule has 3 nitrogen and oxygen atoms in total.